The lowest BCUT2D eigenvalue weighted by molar-refractivity contribution is 0.153. The molecule has 3 unspecified atom stereocenters. The largest absolute Gasteiger partial charge is 0.493 e. The topological polar surface area (TPSA) is 61.8 Å². The Hall–Kier alpha value is -1.75. The number of hydrogen-bond acceptors (Lipinski definition) is 3. The SMILES string of the molecule is CC(NC(=O)N1CCCC1CO)C1COc2ccccc21. The fraction of sp³-hybridized carbons (Fsp3) is 0.562. The molecule has 2 amide bonds. The molecule has 2 heterocycles. The van der Waals surface area contributed by atoms with Gasteiger partial charge in [0.2, 0.25) is 0 Å². The van der Waals surface area contributed by atoms with E-state index in [4.69, 9.17) is 4.74 Å². The van der Waals surface area contributed by atoms with Gasteiger partial charge in [-0.15, -0.1) is 0 Å². The van der Waals surface area contributed by atoms with E-state index >= 15 is 0 Å². The Morgan fingerprint density at radius 1 is 1.52 bits per heavy atom. The van der Waals surface area contributed by atoms with Gasteiger partial charge in [-0.1, -0.05) is 18.2 Å². The normalized spacial score (nSPS) is 25.3. The molecule has 0 aromatic heterocycles. The lowest BCUT2D eigenvalue weighted by atomic mass is 9.94. The number of rotatable bonds is 3. The molecule has 0 bridgehead atoms. The summed E-state index contributed by atoms with van der Waals surface area (Å²) in [7, 11) is 0. The number of nitrogens with one attached hydrogen (secondary N) is 1. The number of ether oxygens (including phenoxy) is 1. The molecule has 0 aliphatic carbocycles. The summed E-state index contributed by atoms with van der Waals surface area (Å²) in [5.41, 5.74) is 1.16. The molecule has 5 heteroatoms. The number of carbonyl (C=O) groups is 1. The van der Waals surface area contributed by atoms with E-state index in [0.29, 0.717) is 6.61 Å². The van der Waals surface area contributed by atoms with Gasteiger partial charge < -0.3 is 20.1 Å². The van der Waals surface area contributed by atoms with E-state index in [-0.39, 0.29) is 30.6 Å². The van der Waals surface area contributed by atoms with Gasteiger partial charge in [0.15, 0.2) is 0 Å². The highest BCUT2D eigenvalue weighted by Gasteiger charge is 2.33. The number of likely N-dealkylation sites (tertiary alicyclic amines) is 1. The summed E-state index contributed by atoms with van der Waals surface area (Å²) in [5, 5.41) is 12.4. The monoisotopic (exact) mass is 290 g/mol. The van der Waals surface area contributed by atoms with Crippen molar-refractivity contribution in [2.75, 3.05) is 19.8 Å². The molecule has 1 aromatic rings. The van der Waals surface area contributed by atoms with Gasteiger partial charge in [-0.2, -0.15) is 0 Å². The molecule has 2 aliphatic rings. The lowest BCUT2D eigenvalue weighted by Crippen LogP contribution is -2.48. The number of benzene rings is 1. The number of nitrogens with zero attached hydrogens (tertiary/aromatic N) is 1. The van der Waals surface area contributed by atoms with Crippen molar-refractivity contribution < 1.29 is 14.6 Å². The van der Waals surface area contributed by atoms with Gasteiger partial charge in [-0.3, -0.25) is 0 Å². The minimum Gasteiger partial charge on any atom is -0.493 e. The number of para-hydroxylation sites is 1. The van der Waals surface area contributed by atoms with Crippen LogP contribution >= 0.6 is 0 Å². The second kappa shape index (κ2) is 5.93. The maximum Gasteiger partial charge on any atom is 0.317 e. The number of aliphatic hydroxyl groups is 1. The smallest absolute Gasteiger partial charge is 0.317 e. The van der Waals surface area contributed by atoms with Gasteiger partial charge in [0.1, 0.15) is 5.75 Å². The van der Waals surface area contributed by atoms with Gasteiger partial charge in [-0.05, 0) is 25.8 Å². The first-order chi connectivity index (χ1) is 10.2. The number of carbonyl (C=O) groups excluding carboxylic acids is 1. The first kappa shape index (κ1) is 14.2. The zero-order chi connectivity index (χ0) is 14.8. The van der Waals surface area contributed by atoms with Gasteiger partial charge >= 0.3 is 6.03 Å². The molecule has 0 saturated carbocycles. The summed E-state index contributed by atoms with van der Waals surface area (Å²) < 4.78 is 5.68. The number of aliphatic hydroxyl groups excluding tert-OH is 1. The molecule has 3 rings (SSSR count). The summed E-state index contributed by atoms with van der Waals surface area (Å²) >= 11 is 0. The van der Waals surface area contributed by atoms with Crippen LogP contribution in [0.5, 0.6) is 5.75 Å². The molecule has 1 aromatic carbocycles. The van der Waals surface area contributed by atoms with Crippen LogP contribution < -0.4 is 10.1 Å². The van der Waals surface area contributed by atoms with Crippen LogP contribution in [0.3, 0.4) is 0 Å². The highest BCUT2D eigenvalue weighted by molar-refractivity contribution is 5.75. The van der Waals surface area contributed by atoms with Crippen LogP contribution in [-0.2, 0) is 0 Å². The first-order valence-electron chi connectivity index (χ1n) is 7.60. The number of fused-ring (bicyclic) bond motifs is 1. The Balaban J connectivity index is 1.64. The molecule has 21 heavy (non-hydrogen) atoms. The van der Waals surface area contributed by atoms with Crippen molar-refractivity contribution in [1.29, 1.82) is 0 Å². The standard InChI is InChI=1S/C16H22N2O3/c1-11(14-10-21-15-7-3-2-6-13(14)15)17-16(20)18-8-4-5-12(18)9-19/h2-3,6-7,11-12,14,19H,4-5,8-10H2,1H3,(H,17,20). The maximum absolute atomic E-state index is 12.4. The summed E-state index contributed by atoms with van der Waals surface area (Å²) in [6.07, 6.45) is 1.84. The van der Waals surface area contributed by atoms with Crippen molar-refractivity contribution in [2.24, 2.45) is 0 Å². The fourth-order valence-electron chi connectivity index (χ4n) is 3.27. The summed E-state index contributed by atoms with van der Waals surface area (Å²) in [5.74, 6) is 1.10. The Kier molecular flexibility index (Phi) is 4.01. The summed E-state index contributed by atoms with van der Waals surface area (Å²) in [6.45, 7) is 3.38. The van der Waals surface area contributed by atoms with E-state index in [1.165, 1.54) is 0 Å². The van der Waals surface area contributed by atoms with Crippen molar-refractivity contribution in [3.63, 3.8) is 0 Å². The van der Waals surface area contributed by atoms with E-state index in [1.54, 1.807) is 4.90 Å². The predicted octanol–water partition coefficient (Wildman–Crippen LogP) is 1.72. The first-order valence-corrected chi connectivity index (χ1v) is 7.60. The molecule has 5 nitrogen and oxygen atoms in total. The number of hydrogen-bond donors (Lipinski definition) is 2. The second-order valence-electron chi connectivity index (χ2n) is 5.87. The van der Waals surface area contributed by atoms with Crippen LogP contribution in [0.2, 0.25) is 0 Å². The molecule has 2 N–H and O–H groups in total. The van der Waals surface area contributed by atoms with E-state index in [2.05, 4.69) is 11.4 Å². The Morgan fingerprint density at radius 3 is 3.14 bits per heavy atom. The van der Waals surface area contributed by atoms with Gasteiger partial charge in [0.05, 0.1) is 19.3 Å². The fourth-order valence-corrected chi connectivity index (χ4v) is 3.27. The minimum absolute atomic E-state index is 0.00101. The van der Waals surface area contributed by atoms with Gasteiger partial charge in [0.25, 0.3) is 0 Å². The van der Waals surface area contributed by atoms with Crippen molar-refractivity contribution in [3.8, 4) is 5.75 Å². The average Bonchev–Trinajstić information content (AvgIpc) is 3.13. The predicted molar refractivity (Wildman–Crippen MR) is 79.5 cm³/mol. The summed E-state index contributed by atoms with van der Waals surface area (Å²) in [6, 6.07) is 7.86. The van der Waals surface area contributed by atoms with Crippen LogP contribution in [0.4, 0.5) is 4.79 Å². The summed E-state index contributed by atoms with van der Waals surface area (Å²) in [4.78, 5) is 14.1. The van der Waals surface area contributed by atoms with Gasteiger partial charge in [0, 0.05) is 24.1 Å². The van der Waals surface area contributed by atoms with Crippen molar-refractivity contribution in [2.45, 2.75) is 37.8 Å². The van der Waals surface area contributed by atoms with Crippen LogP contribution in [0.1, 0.15) is 31.2 Å². The molecule has 3 atom stereocenters. The molecule has 1 saturated heterocycles. The molecule has 0 spiro atoms. The molecule has 1 fully saturated rings. The lowest BCUT2D eigenvalue weighted by Gasteiger charge is -2.27. The molecule has 0 radical (unpaired) electrons. The molecule has 114 valence electrons. The third kappa shape index (κ3) is 2.70. The number of urea groups is 1. The number of amides is 2. The van der Waals surface area contributed by atoms with Crippen LogP contribution in [0.25, 0.3) is 0 Å². The second-order valence-corrected chi connectivity index (χ2v) is 5.87. The Bertz CT molecular complexity index is 520. The van der Waals surface area contributed by atoms with E-state index in [9.17, 15) is 9.90 Å². The average molecular weight is 290 g/mol. The maximum atomic E-state index is 12.4. The third-order valence-electron chi connectivity index (χ3n) is 4.54. The zero-order valence-electron chi connectivity index (χ0n) is 12.3. The highest BCUT2D eigenvalue weighted by atomic mass is 16.5. The van der Waals surface area contributed by atoms with Gasteiger partial charge in [-0.25, -0.2) is 4.79 Å². The Morgan fingerprint density at radius 2 is 2.33 bits per heavy atom. The third-order valence-corrected chi connectivity index (χ3v) is 4.54. The van der Waals surface area contributed by atoms with E-state index in [0.717, 1.165) is 30.7 Å². The molecular weight excluding hydrogens is 268 g/mol. The minimum atomic E-state index is -0.0802. The van der Waals surface area contributed by atoms with Crippen molar-refractivity contribution in [3.05, 3.63) is 29.8 Å². The molecular formula is C16H22N2O3. The van der Waals surface area contributed by atoms with E-state index in [1.807, 2.05) is 25.1 Å². The van der Waals surface area contributed by atoms with Crippen molar-refractivity contribution in [1.82, 2.24) is 10.2 Å². The molecule has 2 aliphatic heterocycles. The van der Waals surface area contributed by atoms with Crippen LogP contribution in [0.15, 0.2) is 24.3 Å². The van der Waals surface area contributed by atoms with Crippen LogP contribution in [0, 0.1) is 0 Å². The Labute approximate surface area is 124 Å². The van der Waals surface area contributed by atoms with Crippen LogP contribution in [-0.4, -0.2) is 47.9 Å². The quantitative estimate of drug-likeness (QED) is 0.891. The van der Waals surface area contributed by atoms with E-state index < -0.39 is 0 Å². The van der Waals surface area contributed by atoms with Crippen molar-refractivity contribution >= 4 is 6.03 Å². The highest BCUT2D eigenvalue weighted by Crippen LogP contribution is 2.35. The zero-order valence-corrected chi connectivity index (χ0v) is 12.3.